The Balaban J connectivity index is 1.38. The molecule has 178 valence electrons. The summed E-state index contributed by atoms with van der Waals surface area (Å²) in [5.41, 5.74) is 7.23. The quantitative estimate of drug-likeness (QED) is 0.288. The maximum absolute atomic E-state index is 12.2. The molecule has 0 unspecified atom stereocenters. The van der Waals surface area contributed by atoms with Gasteiger partial charge in [0.15, 0.2) is 0 Å². The van der Waals surface area contributed by atoms with Crippen LogP contribution < -0.4 is 5.32 Å². The van der Waals surface area contributed by atoms with Crippen LogP contribution in [0.25, 0.3) is 54.9 Å². The molecule has 8 nitrogen and oxygen atoms in total. The van der Waals surface area contributed by atoms with E-state index in [2.05, 4.69) is 54.0 Å². The molecule has 0 bridgehead atoms. The van der Waals surface area contributed by atoms with E-state index in [9.17, 15) is 4.79 Å². The number of aromatic amines is 2. The Morgan fingerprint density at radius 3 is 2.72 bits per heavy atom. The summed E-state index contributed by atoms with van der Waals surface area (Å²) in [5.74, 6) is -0.0817. The van der Waals surface area contributed by atoms with Crippen LogP contribution in [-0.2, 0) is 4.79 Å². The number of carbonyl (C=O) groups is 1. The second kappa shape index (κ2) is 9.03. The van der Waals surface area contributed by atoms with Gasteiger partial charge in [-0.15, -0.1) is 11.3 Å². The summed E-state index contributed by atoms with van der Waals surface area (Å²) in [6, 6.07) is 16.3. The molecule has 0 saturated heterocycles. The molecular weight excluding hydrogens is 470 g/mol. The van der Waals surface area contributed by atoms with E-state index in [0.29, 0.717) is 12.2 Å². The van der Waals surface area contributed by atoms with Gasteiger partial charge in [-0.25, -0.2) is 0 Å². The van der Waals surface area contributed by atoms with E-state index in [1.54, 1.807) is 23.7 Å². The molecule has 0 aliphatic carbocycles. The molecule has 6 rings (SSSR count). The zero-order chi connectivity index (χ0) is 24.6. The van der Waals surface area contributed by atoms with E-state index < -0.39 is 0 Å². The minimum absolute atomic E-state index is 0.0817. The average Bonchev–Trinajstić information content (AvgIpc) is 3.62. The summed E-state index contributed by atoms with van der Waals surface area (Å²) in [5, 5.41) is 14.8. The number of thiophene rings is 1. The second-order valence-corrected chi connectivity index (χ2v) is 9.81. The summed E-state index contributed by atoms with van der Waals surface area (Å²) in [7, 11) is 3.72. The number of anilines is 1. The molecule has 0 spiro atoms. The standard InChI is InChI=1S/C27H23N7OS/c1-34(2)15-25(35)30-18-10-17(13-28-14-18)16-5-6-22-19(11-16)26(33-32-22)23-12-20-21(31-23)7-8-29-27(20)24-4-3-9-36-24/h3-14,31H,15H2,1-2H3,(H,30,35)(H,32,33). The molecule has 5 heterocycles. The molecule has 5 aromatic heterocycles. The number of pyridine rings is 2. The molecule has 36 heavy (non-hydrogen) atoms. The highest BCUT2D eigenvalue weighted by Gasteiger charge is 2.15. The second-order valence-electron chi connectivity index (χ2n) is 8.86. The van der Waals surface area contributed by atoms with Gasteiger partial charge in [-0.1, -0.05) is 12.1 Å². The van der Waals surface area contributed by atoms with E-state index in [0.717, 1.165) is 54.9 Å². The number of hydrogen-bond acceptors (Lipinski definition) is 6. The molecule has 0 saturated carbocycles. The first-order valence-electron chi connectivity index (χ1n) is 11.5. The summed E-state index contributed by atoms with van der Waals surface area (Å²) < 4.78 is 0. The SMILES string of the molecule is CN(C)CC(=O)Nc1cncc(-c2ccc3[nH]nc(-c4cc5c(-c6cccs6)nccc5[nH]4)c3c2)c1. The molecule has 0 aliphatic rings. The van der Waals surface area contributed by atoms with E-state index in [4.69, 9.17) is 0 Å². The van der Waals surface area contributed by atoms with Gasteiger partial charge in [-0.3, -0.25) is 19.9 Å². The summed E-state index contributed by atoms with van der Waals surface area (Å²) in [6.45, 7) is 0.308. The number of rotatable bonds is 6. The van der Waals surface area contributed by atoms with Crippen LogP contribution in [0.15, 0.2) is 72.5 Å². The Morgan fingerprint density at radius 1 is 1.00 bits per heavy atom. The monoisotopic (exact) mass is 493 g/mol. The first kappa shape index (κ1) is 22.1. The Kier molecular flexibility index (Phi) is 5.55. The van der Waals surface area contributed by atoms with Crippen LogP contribution in [0.3, 0.4) is 0 Å². The fourth-order valence-corrected chi connectivity index (χ4v) is 5.08. The van der Waals surface area contributed by atoms with Gasteiger partial charge in [0, 0.05) is 34.2 Å². The van der Waals surface area contributed by atoms with Gasteiger partial charge in [0.25, 0.3) is 0 Å². The molecule has 0 radical (unpaired) electrons. The van der Waals surface area contributed by atoms with Crippen molar-refractivity contribution in [2.45, 2.75) is 0 Å². The number of amides is 1. The lowest BCUT2D eigenvalue weighted by atomic mass is 10.0. The minimum atomic E-state index is -0.0817. The van der Waals surface area contributed by atoms with E-state index in [1.807, 2.05) is 55.5 Å². The lowest BCUT2D eigenvalue weighted by molar-refractivity contribution is -0.116. The number of H-pyrrole nitrogens is 2. The van der Waals surface area contributed by atoms with Gasteiger partial charge in [0.1, 0.15) is 5.69 Å². The molecule has 3 N–H and O–H groups in total. The summed E-state index contributed by atoms with van der Waals surface area (Å²) >= 11 is 1.67. The molecule has 0 atom stereocenters. The normalized spacial score (nSPS) is 11.5. The number of carbonyl (C=O) groups excluding carboxylic acids is 1. The largest absolute Gasteiger partial charge is 0.353 e. The van der Waals surface area contributed by atoms with Gasteiger partial charge < -0.3 is 15.2 Å². The predicted octanol–water partition coefficient (Wildman–Crippen LogP) is 5.40. The van der Waals surface area contributed by atoms with Crippen LogP contribution in [0, 0.1) is 0 Å². The van der Waals surface area contributed by atoms with E-state index in [-0.39, 0.29) is 5.91 Å². The lowest BCUT2D eigenvalue weighted by Gasteiger charge is -2.11. The summed E-state index contributed by atoms with van der Waals surface area (Å²) in [6.07, 6.45) is 5.28. The summed E-state index contributed by atoms with van der Waals surface area (Å²) in [4.78, 5) is 27.6. The third-order valence-electron chi connectivity index (χ3n) is 5.94. The number of nitrogens with one attached hydrogen (secondary N) is 3. The van der Waals surface area contributed by atoms with Crippen LogP contribution in [0.1, 0.15) is 0 Å². The van der Waals surface area contributed by atoms with E-state index in [1.165, 1.54) is 0 Å². The third kappa shape index (κ3) is 4.15. The molecule has 0 fully saturated rings. The van der Waals surface area contributed by atoms with Crippen molar-refractivity contribution in [1.29, 1.82) is 0 Å². The fourth-order valence-electron chi connectivity index (χ4n) is 4.34. The number of fused-ring (bicyclic) bond motifs is 2. The number of benzene rings is 1. The Hall–Kier alpha value is -4.34. The van der Waals surface area contributed by atoms with Gasteiger partial charge in [-0.05, 0) is 61.4 Å². The van der Waals surface area contributed by atoms with Crippen LogP contribution in [-0.4, -0.2) is 56.6 Å². The average molecular weight is 494 g/mol. The Bertz CT molecular complexity index is 1700. The zero-order valence-electron chi connectivity index (χ0n) is 19.7. The zero-order valence-corrected chi connectivity index (χ0v) is 20.6. The van der Waals surface area contributed by atoms with Crippen LogP contribution in [0.4, 0.5) is 5.69 Å². The number of likely N-dealkylation sites (N-methyl/N-ethyl adjacent to an activating group) is 1. The van der Waals surface area contributed by atoms with Gasteiger partial charge >= 0.3 is 0 Å². The molecule has 6 aromatic rings. The lowest BCUT2D eigenvalue weighted by Crippen LogP contribution is -2.27. The van der Waals surface area contributed by atoms with Crippen molar-refractivity contribution in [1.82, 2.24) is 30.0 Å². The minimum Gasteiger partial charge on any atom is -0.353 e. The van der Waals surface area contributed by atoms with Gasteiger partial charge in [0.05, 0.1) is 40.2 Å². The molecule has 0 aliphatic heterocycles. The van der Waals surface area contributed by atoms with Crippen LogP contribution in [0.5, 0.6) is 0 Å². The van der Waals surface area contributed by atoms with Crippen molar-refractivity contribution in [2.75, 3.05) is 26.0 Å². The topological polar surface area (TPSA) is 103 Å². The highest BCUT2D eigenvalue weighted by Crippen LogP contribution is 2.35. The predicted molar refractivity (Wildman–Crippen MR) is 145 cm³/mol. The van der Waals surface area contributed by atoms with Crippen molar-refractivity contribution < 1.29 is 4.79 Å². The number of aromatic nitrogens is 5. The van der Waals surface area contributed by atoms with Crippen molar-refractivity contribution in [3.63, 3.8) is 0 Å². The Morgan fingerprint density at radius 2 is 1.89 bits per heavy atom. The van der Waals surface area contributed by atoms with Crippen molar-refractivity contribution in [3.8, 4) is 33.1 Å². The van der Waals surface area contributed by atoms with Gasteiger partial charge in [0.2, 0.25) is 5.91 Å². The maximum atomic E-state index is 12.2. The fraction of sp³-hybridized carbons (Fsp3) is 0.111. The first-order chi connectivity index (χ1) is 17.5. The molecule has 1 aromatic carbocycles. The maximum Gasteiger partial charge on any atom is 0.238 e. The molecule has 1 amide bonds. The molecule has 9 heteroatoms. The number of hydrogen-bond donors (Lipinski definition) is 3. The highest BCUT2D eigenvalue weighted by molar-refractivity contribution is 7.13. The van der Waals surface area contributed by atoms with Crippen LogP contribution in [0.2, 0.25) is 0 Å². The third-order valence-corrected chi connectivity index (χ3v) is 6.81. The van der Waals surface area contributed by atoms with E-state index >= 15 is 0 Å². The highest BCUT2D eigenvalue weighted by atomic mass is 32.1. The Labute approximate surface area is 211 Å². The van der Waals surface area contributed by atoms with Crippen molar-refractivity contribution in [2.24, 2.45) is 0 Å². The van der Waals surface area contributed by atoms with Crippen molar-refractivity contribution >= 4 is 44.7 Å². The van der Waals surface area contributed by atoms with Crippen LogP contribution >= 0.6 is 11.3 Å². The smallest absolute Gasteiger partial charge is 0.238 e. The first-order valence-corrected chi connectivity index (χ1v) is 12.3. The number of nitrogens with zero attached hydrogens (tertiary/aromatic N) is 4. The molecular formula is C27H23N7OS. The van der Waals surface area contributed by atoms with Gasteiger partial charge in [-0.2, -0.15) is 5.10 Å². The van der Waals surface area contributed by atoms with Crippen molar-refractivity contribution in [3.05, 3.63) is 72.5 Å².